The van der Waals surface area contributed by atoms with Crippen molar-refractivity contribution in [1.82, 2.24) is 0 Å². The lowest BCUT2D eigenvalue weighted by molar-refractivity contribution is 1.30. The standard InChI is InChI=1S/C10H8N2S/c11-7-1-2-9-3-5-10(6-4-9)12-8-13/h3-6H,7,11H2. The minimum atomic E-state index is 0.375. The van der Waals surface area contributed by atoms with Gasteiger partial charge >= 0.3 is 0 Å². The summed E-state index contributed by atoms with van der Waals surface area (Å²) in [5, 5.41) is 2.30. The van der Waals surface area contributed by atoms with Crippen molar-refractivity contribution in [2.75, 3.05) is 6.54 Å². The van der Waals surface area contributed by atoms with Gasteiger partial charge in [-0.1, -0.05) is 11.8 Å². The van der Waals surface area contributed by atoms with Crippen molar-refractivity contribution in [2.24, 2.45) is 10.7 Å². The lowest BCUT2D eigenvalue weighted by atomic mass is 10.2. The van der Waals surface area contributed by atoms with Gasteiger partial charge in [-0.05, 0) is 36.5 Å². The lowest BCUT2D eigenvalue weighted by Crippen LogP contribution is -1.92. The van der Waals surface area contributed by atoms with Crippen LogP contribution in [-0.4, -0.2) is 11.7 Å². The summed E-state index contributed by atoms with van der Waals surface area (Å²) in [6, 6.07) is 7.40. The Balaban J connectivity index is 2.87. The fraction of sp³-hybridized carbons (Fsp3) is 0.100. The van der Waals surface area contributed by atoms with Crippen LogP contribution in [0.4, 0.5) is 5.69 Å². The smallest absolute Gasteiger partial charge is 0.0740 e. The number of isothiocyanates is 1. The first-order valence-corrected chi connectivity index (χ1v) is 4.14. The average Bonchev–Trinajstić information content (AvgIpc) is 2.17. The molecule has 13 heavy (non-hydrogen) atoms. The third kappa shape index (κ3) is 3.18. The SMILES string of the molecule is NCC#Cc1ccc(N=C=S)cc1. The Kier molecular flexibility index (Phi) is 3.87. The normalized spacial score (nSPS) is 8.08. The van der Waals surface area contributed by atoms with Crippen LogP contribution >= 0.6 is 12.2 Å². The molecule has 2 N–H and O–H groups in total. The van der Waals surface area contributed by atoms with E-state index in [-0.39, 0.29) is 0 Å². The van der Waals surface area contributed by atoms with E-state index in [0.717, 1.165) is 11.3 Å². The van der Waals surface area contributed by atoms with E-state index in [4.69, 9.17) is 5.73 Å². The van der Waals surface area contributed by atoms with Crippen LogP contribution < -0.4 is 5.73 Å². The Morgan fingerprint density at radius 3 is 2.54 bits per heavy atom. The molecule has 0 saturated heterocycles. The number of aliphatic imine (C=N–C) groups is 1. The molecule has 0 unspecified atom stereocenters. The molecule has 3 heteroatoms. The zero-order chi connectivity index (χ0) is 9.52. The van der Waals surface area contributed by atoms with E-state index in [2.05, 4.69) is 34.2 Å². The molecule has 0 aliphatic carbocycles. The molecule has 0 aliphatic rings. The molecule has 2 nitrogen and oxygen atoms in total. The Labute approximate surface area is 82.5 Å². The van der Waals surface area contributed by atoms with E-state index < -0.39 is 0 Å². The average molecular weight is 188 g/mol. The van der Waals surface area contributed by atoms with Gasteiger partial charge < -0.3 is 5.73 Å². The molecule has 1 aromatic carbocycles. The van der Waals surface area contributed by atoms with Crippen LogP contribution in [0.2, 0.25) is 0 Å². The second-order valence-corrected chi connectivity index (χ2v) is 2.44. The number of rotatable bonds is 1. The molecule has 1 rings (SSSR count). The minimum absolute atomic E-state index is 0.375. The van der Waals surface area contributed by atoms with E-state index in [1.54, 1.807) is 0 Å². The van der Waals surface area contributed by atoms with Crippen molar-refractivity contribution >= 4 is 23.1 Å². The molecule has 0 amide bonds. The summed E-state index contributed by atoms with van der Waals surface area (Å²) in [4.78, 5) is 3.82. The van der Waals surface area contributed by atoms with Crippen LogP contribution in [-0.2, 0) is 0 Å². The van der Waals surface area contributed by atoms with Crippen molar-refractivity contribution in [1.29, 1.82) is 0 Å². The molecule has 0 fully saturated rings. The summed E-state index contributed by atoms with van der Waals surface area (Å²) in [7, 11) is 0. The fourth-order valence-electron chi connectivity index (χ4n) is 0.825. The molecule has 0 aromatic heterocycles. The third-order valence-electron chi connectivity index (χ3n) is 1.38. The Bertz CT molecular complexity index is 378. The van der Waals surface area contributed by atoms with Gasteiger partial charge in [0, 0.05) is 5.56 Å². The molecule has 0 bridgehead atoms. The van der Waals surface area contributed by atoms with Gasteiger partial charge in [-0.2, -0.15) is 4.99 Å². The van der Waals surface area contributed by atoms with Gasteiger partial charge in [0.15, 0.2) is 0 Å². The summed E-state index contributed by atoms with van der Waals surface area (Å²) >= 11 is 4.48. The molecule has 1 aromatic rings. The number of hydrogen-bond donors (Lipinski definition) is 1. The van der Waals surface area contributed by atoms with Crippen LogP contribution in [0.15, 0.2) is 29.3 Å². The van der Waals surface area contributed by atoms with E-state index in [9.17, 15) is 0 Å². The van der Waals surface area contributed by atoms with Crippen molar-refractivity contribution < 1.29 is 0 Å². The first kappa shape index (κ1) is 9.63. The maximum atomic E-state index is 5.24. The summed E-state index contributed by atoms with van der Waals surface area (Å²) in [6.07, 6.45) is 0. The van der Waals surface area contributed by atoms with Crippen LogP contribution in [0.3, 0.4) is 0 Å². The second kappa shape index (κ2) is 5.23. The number of hydrogen-bond acceptors (Lipinski definition) is 3. The zero-order valence-corrected chi connectivity index (χ0v) is 7.77. The van der Waals surface area contributed by atoms with Crippen LogP contribution in [0.1, 0.15) is 5.56 Å². The maximum Gasteiger partial charge on any atom is 0.0740 e. The first-order valence-electron chi connectivity index (χ1n) is 3.73. The molecular weight excluding hydrogens is 180 g/mol. The molecule has 0 saturated carbocycles. The van der Waals surface area contributed by atoms with Crippen molar-refractivity contribution in [2.45, 2.75) is 0 Å². The minimum Gasteiger partial charge on any atom is -0.320 e. The fourth-order valence-corrected chi connectivity index (χ4v) is 0.931. The van der Waals surface area contributed by atoms with E-state index >= 15 is 0 Å². The number of benzene rings is 1. The summed E-state index contributed by atoms with van der Waals surface area (Å²) in [5.41, 5.74) is 6.95. The van der Waals surface area contributed by atoms with Crippen LogP contribution in [0, 0.1) is 11.8 Å². The zero-order valence-electron chi connectivity index (χ0n) is 6.95. The van der Waals surface area contributed by atoms with Gasteiger partial charge in [0.2, 0.25) is 0 Å². The molecule has 0 aliphatic heterocycles. The first-order chi connectivity index (χ1) is 6.36. The highest BCUT2D eigenvalue weighted by atomic mass is 32.1. The lowest BCUT2D eigenvalue weighted by Gasteiger charge is -1.90. The highest BCUT2D eigenvalue weighted by Gasteiger charge is 1.87. The Hall–Kier alpha value is -1.46. The number of nitrogens with two attached hydrogens (primary N) is 1. The Morgan fingerprint density at radius 2 is 2.00 bits per heavy atom. The maximum absolute atomic E-state index is 5.24. The van der Waals surface area contributed by atoms with Gasteiger partial charge in [-0.15, -0.1) is 0 Å². The third-order valence-corrected chi connectivity index (χ3v) is 1.47. The quantitative estimate of drug-likeness (QED) is 0.414. The van der Waals surface area contributed by atoms with Gasteiger partial charge in [0.25, 0.3) is 0 Å². The van der Waals surface area contributed by atoms with Gasteiger partial charge in [0.05, 0.1) is 17.4 Å². The van der Waals surface area contributed by atoms with Gasteiger partial charge in [0.1, 0.15) is 0 Å². The Morgan fingerprint density at radius 1 is 1.31 bits per heavy atom. The summed E-state index contributed by atoms with van der Waals surface area (Å²) in [6.45, 7) is 0.375. The van der Waals surface area contributed by atoms with E-state index in [1.807, 2.05) is 24.3 Å². The van der Waals surface area contributed by atoms with Crippen molar-refractivity contribution in [3.8, 4) is 11.8 Å². The van der Waals surface area contributed by atoms with Gasteiger partial charge in [-0.3, -0.25) is 0 Å². The summed E-state index contributed by atoms with van der Waals surface area (Å²) < 4.78 is 0. The molecule has 0 heterocycles. The van der Waals surface area contributed by atoms with E-state index in [0.29, 0.717) is 6.54 Å². The molecular formula is C10H8N2S. The molecule has 0 spiro atoms. The molecule has 0 radical (unpaired) electrons. The predicted octanol–water partition coefficient (Wildman–Crippen LogP) is 1.73. The number of thiocarbonyl (C=S) groups is 1. The van der Waals surface area contributed by atoms with Gasteiger partial charge in [-0.25, -0.2) is 0 Å². The number of nitrogens with zero attached hydrogens (tertiary/aromatic N) is 1. The monoisotopic (exact) mass is 188 g/mol. The predicted molar refractivity (Wildman–Crippen MR) is 57.1 cm³/mol. The highest BCUT2D eigenvalue weighted by molar-refractivity contribution is 7.78. The molecule has 0 atom stereocenters. The van der Waals surface area contributed by atoms with E-state index in [1.165, 1.54) is 0 Å². The molecule has 64 valence electrons. The van der Waals surface area contributed by atoms with Crippen molar-refractivity contribution in [3.05, 3.63) is 29.8 Å². The summed E-state index contributed by atoms with van der Waals surface area (Å²) in [5.74, 6) is 5.68. The second-order valence-electron chi connectivity index (χ2n) is 2.26. The topological polar surface area (TPSA) is 38.4 Å². The van der Waals surface area contributed by atoms with Crippen LogP contribution in [0.25, 0.3) is 0 Å². The highest BCUT2D eigenvalue weighted by Crippen LogP contribution is 2.11. The van der Waals surface area contributed by atoms with Crippen LogP contribution in [0.5, 0.6) is 0 Å². The largest absolute Gasteiger partial charge is 0.320 e. The van der Waals surface area contributed by atoms with Crippen molar-refractivity contribution in [3.63, 3.8) is 0 Å².